The number of methoxy groups -OCH3 is 2. The molecule has 8 heteroatoms. The Labute approximate surface area is 200 Å². The molecule has 2 heterocycles. The minimum atomic E-state index is 0.678. The van der Waals surface area contributed by atoms with Gasteiger partial charge in [-0.15, -0.1) is 0 Å². The van der Waals surface area contributed by atoms with E-state index in [4.69, 9.17) is 14.2 Å². The highest BCUT2D eigenvalue weighted by Gasteiger charge is 2.27. The lowest BCUT2D eigenvalue weighted by atomic mass is 10.1. The van der Waals surface area contributed by atoms with Gasteiger partial charge in [-0.25, -0.2) is 0 Å². The second kappa shape index (κ2) is 9.95. The van der Waals surface area contributed by atoms with Crippen molar-refractivity contribution in [3.05, 3.63) is 47.5 Å². The topological polar surface area (TPSA) is 74.9 Å². The first kappa shape index (κ1) is 22.6. The number of fused-ring (bicyclic) bond motifs is 3. The molecule has 2 aliphatic rings. The molecule has 5 rings (SSSR count). The average Bonchev–Trinajstić information content (AvgIpc) is 3.41. The average molecular weight is 464 g/mol. The van der Waals surface area contributed by atoms with E-state index < -0.39 is 0 Å². The van der Waals surface area contributed by atoms with Crippen LogP contribution < -0.4 is 19.5 Å². The minimum absolute atomic E-state index is 0.678. The lowest BCUT2D eigenvalue weighted by Crippen LogP contribution is -2.44. The van der Waals surface area contributed by atoms with Gasteiger partial charge in [-0.05, 0) is 43.3 Å². The molecule has 0 bridgehead atoms. The molecule has 1 fully saturated rings. The molecule has 0 unspecified atom stereocenters. The third kappa shape index (κ3) is 4.69. The normalized spacial score (nSPS) is 15.6. The van der Waals surface area contributed by atoms with Crippen molar-refractivity contribution in [1.29, 1.82) is 0 Å². The van der Waals surface area contributed by atoms with Crippen molar-refractivity contribution in [2.24, 2.45) is 0 Å². The fraction of sp³-hybridized carbons (Fsp3) is 0.423. The van der Waals surface area contributed by atoms with Crippen molar-refractivity contribution in [2.75, 3.05) is 65.9 Å². The van der Waals surface area contributed by atoms with E-state index >= 15 is 0 Å². The van der Waals surface area contributed by atoms with Crippen LogP contribution in [0.4, 0.5) is 11.5 Å². The molecule has 0 saturated carbocycles. The lowest BCUT2D eigenvalue weighted by molar-refractivity contribution is 0.145. The number of benzene rings is 2. The number of rotatable bonds is 9. The van der Waals surface area contributed by atoms with Gasteiger partial charge < -0.3 is 29.3 Å². The monoisotopic (exact) mass is 463 g/mol. The number of hydrogen-bond acceptors (Lipinski definition) is 7. The van der Waals surface area contributed by atoms with Crippen LogP contribution in [0, 0.1) is 0 Å². The second-order valence-corrected chi connectivity index (χ2v) is 8.97. The summed E-state index contributed by atoms with van der Waals surface area (Å²) in [7, 11) is 5.55. The number of nitrogens with zero attached hydrogens (tertiary/aromatic N) is 3. The van der Waals surface area contributed by atoms with Crippen LogP contribution in [0.25, 0.3) is 11.3 Å². The minimum Gasteiger partial charge on any atom is -0.497 e. The molecule has 3 aromatic rings. The summed E-state index contributed by atoms with van der Waals surface area (Å²) < 4.78 is 17.2. The number of likely N-dealkylation sites (N-methyl/N-ethyl adjacent to an activating group) is 1. The smallest absolute Gasteiger partial charge is 0.161 e. The van der Waals surface area contributed by atoms with Crippen molar-refractivity contribution in [2.45, 2.75) is 12.8 Å². The molecule has 34 heavy (non-hydrogen) atoms. The molecule has 0 atom stereocenters. The van der Waals surface area contributed by atoms with E-state index in [1.807, 2.05) is 24.3 Å². The van der Waals surface area contributed by atoms with Crippen LogP contribution in [0.5, 0.6) is 17.2 Å². The Balaban J connectivity index is 1.25. The number of ether oxygens (including phenoxy) is 3. The van der Waals surface area contributed by atoms with Gasteiger partial charge in [0.15, 0.2) is 17.3 Å². The first-order valence-corrected chi connectivity index (χ1v) is 11.9. The summed E-state index contributed by atoms with van der Waals surface area (Å²) in [4.78, 5) is 4.89. The van der Waals surface area contributed by atoms with Gasteiger partial charge in [-0.2, -0.15) is 5.10 Å². The van der Waals surface area contributed by atoms with Gasteiger partial charge in [0, 0.05) is 62.0 Å². The molecular formula is C26H33N5O3. The van der Waals surface area contributed by atoms with Crippen molar-refractivity contribution in [1.82, 2.24) is 20.0 Å². The lowest BCUT2D eigenvalue weighted by Gasteiger charge is -2.32. The standard InChI is InChI=1S/C26H33N5O3/c1-30-9-11-31(12-10-30)8-5-13-34-24-15-18-14-22-25(21(18)17-23(24)33-3)28-29-26(22)27-19-6-4-7-20(16-19)32-2/h4,6-7,15-17H,5,8-14H2,1-3H3,(H2,27,28,29). The van der Waals surface area contributed by atoms with Crippen molar-refractivity contribution in [3.63, 3.8) is 0 Å². The number of aromatic amines is 1. The largest absolute Gasteiger partial charge is 0.497 e. The zero-order chi connectivity index (χ0) is 23.5. The number of nitrogens with one attached hydrogen (secondary N) is 2. The molecule has 0 amide bonds. The fourth-order valence-corrected chi connectivity index (χ4v) is 4.69. The van der Waals surface area contributed by atoms with Crippen LogP contribution in [-0.2, 0) is 6.42 Å². The molecule has 1 aliphatic heterocycles. The second-order valence-electron chi connectivity index (χ2n) is 8.97. The van der Waals surface area contributed by atoms with Gasteiger partial charge in [0.25, 0.3) is 0 Å². The summed E-state index contributed by atoms with van der Waals surface area (Å²) in [5, 5.41) is 11.1. The molecule has 2 N–H and O–H groups in total. The van der Waals surface area contributed by atoms with Crippen LogP contribution >= 0.6 is 0 Å². The predicted octanol–water partition coefficient (Wildman–Crippen LogP) is 3.76. The number of H-pyrrole nitrogens is 1. The van der Waals surface area contributed by atoms with Crippen LogP contribution in [0.1, 0.15) is 17.5 Å². The summed E-state index contributed by atoms with van der Waals surface area (Å²) in [6, 6.07) is 12.0. The first-order valence-electron chi connectivity index (χ1n) is 11.9. The fourth-order valence-electron chi connectivity index (χ4n) is 4.69. The van der Waals surface area contributed by atoms with Crippen molar-refractivity contribution in [3.8, 4) is 28.5 Å². The van der Waals surface area contributed by atoms with Crippen molar-refractivity contribution < 1.29 is 14.2 Å². The highest BCUT2D eigenvalue weighted by atomic mass is 16.5. The van der Waals surface area contributed by atoms with E-state index in [1.54, 1.807) is 14.2 Å². The molecule has 1 aliphatic carbocycles. The number of aromatic nitrogens is 2. The summed E-state index contributed by atoms with van der Waals surface area (Å²) in [6.07, 6.45) is 1.79. The molecular weight excluding hydrogens is 430 g/mol. The Morgan fingerprint density at radius 2 is 1.88 bits per heavy atom. The van der Waals surface area contributed by atoms with Gasteiger partial charge in [0.05, 0.1) is 26.5 Å². The third-order valence-corrected chi connectivity index (χ3v) is 6.70. The van der Waals surface area contributed by atoms with E-state index in [-0.39, 0.29) is 0 Å². The maximum absolute atomic E-state index is 6.17. The molecule has 8 nitrogen and oxygen atoms in total. The summed E-state index contributed by atoms with van der Waals surface area (Å²) in [6.45, 7) is 6.30. The van der Waals surface area contributed by atoms with E-state index in [1.165, 1.54) is 5.56 Å². The maximum atomic E-state index is 6.17. The van der Waals surface area contributed by atoms with Gasteiger partial charge in [-0.1, -0.05) is 6.07 Å². The maximum Gasteiger partial charge on any atom is 0.161 e. The van der Waals surface area contributed by atoms with Crippen LogP contribution in [0.3, 0.4) is 0 Å². The summed E-state index contributed by atoms with van der Waals surface area (Å²) in [5.41, 5.74) is 5.44. The highest BCUT2D eigenvalue weighted by molar-refractivity contribution is 5.81. The molecule has 0 spiro atoms. The van der Waals surface area contributed by atoms with Crippen LogP contribution in [-0.4, -0.2) is 80.6 Å². The Morgan fingerprint density at radius 3 is 2.68 bits per heavy atom. The van der Waals surface area contributed by atoms with Gasteiger partial charge in [0.2, 0.25) is 0 Å². The molecule has 1 aromatic heterocycles. The van der Waals surface area contributed by atoms with Crippen LogP contribution in [0.2, 0.25) is 0 Å². The number of anilines is 2. The molecule has 2 aromatic carbocycles. The predicted molar refractivity (Wildman–Crippen MR) is 134 cm³/mol. The zero-order valence-corrected chi connectivity index (χ0v) is 20.2. The Hall–Kier alpha value is -3.23. The molecule has 1 saturated heterocycles. The Kier molecular flexibility index (Phi) is 6.60. The molecule has 0 radical (unpaired) electrons. The summed E-state index contributed by atoms with van der Waals surface area (Å²) in [5.74, 6) is 3.19. The van der Waals surface area contributed by atoms with E-state index in [0.29, 0.717) is 6.61 Å². The SMILES string of the molecule is COc1cccc(Nc2n[nH]c3c2Cc2cc(OCCCN4CCN(C)CC4)c(OC)cc2-3)c1. The Morgan fingerprint density at radius 1 is 1.03 bits per heavy atom. The van der Waals surface area contributed by atoms with Crippen LogP contribution in [0.15, 0.2) is 36.4 Å². The number of hydrogen-bond donors (Lipinski definition) is 2. The van der Waals surface area contributed by atoms with E-state index in [0.717, 1.165) is 91.1 Å². The first-order chi connectivity index (χ1) is 16.6. The van der Waals surface area contributed by atoms with Gasteiger partial charge >= 0.3 is 0 Å². The highest BCUT2D eigenvalue weighted by Crippen LogP contribution is 2.44. The summed E-state index contributed by atoms with van der Waals surface area (Å²) >= 11 is 0. The van der Waals surface area contributed by atoms with Crippen molar-refractivity contribution >= 4 is 11.5 Å². The Bertz CT molecular complexity index is 1140. The zero-order valence-electron chi connectivity index (χ0n) is 20.2. The van der Waals surface area contributed by atoms with E-state index in [9.17, 15) is 0 Å². The van der Waals surface area contributed by atoms with E-state index in [2.05, 4.69) is 44.5 Å². The quantitative estimate of drug-likeness (QED) is 0.366. The number of piperazine rings is 1. The molecule has 180 valence electrons. The van der Waals surface area contributed by atoms with Gasteiger partial charge in [0.1, 0.15) is 5.75 Å². The third-order valence-electron chi connectivity index (χ3n) is 6.70. The van der Waals surface area contributed by atoms with Gasteiger partial charge in [-0.3, -0.25) is 5.10 Å².